The normalized spacial score (nSPS) is 21.3. The number of aliphatic hydroxyl groups is 1. The molecule has 0 fully saturated rings. The summed E-state index contributed by atoms with van der Waals surface area (Å²) in [5, 5.41) is 10.9. The number of Topliss-reactive ketones (excluding diaryl/α,β-unsaturated/α-hetero) is 2. The van der Waals surface area contributed by atoms with Gasteiger partial charge in [-0.1, -0.05) is 24.3 Å². The Bertz CT molecular complexity index is 2000. The lowest BCUT2D eigenvalue weighted by atomic mass is 9.90. The van der Waals surface area contributed by atoms with E-state index < -0.39 is 64.7 Å². The lowest BCUT2D eigenvalue weighted by molar-refractivity contribution is -0.139. The zero-order chi connectivity index (χ0) is 41.4. The minimum atomic E-state index is -2.46. The van der Waals surface area contributed by atoms with Crippen LogP contribution in [0.5, 0.6) is 0 Å². The summed E-state index contributed by atoms with van der Waals surface area (Å²) in [6.07, 6.45) is -1.49. The molecule has 296 valence electrons. The van der Waals surface area contributed by atoms with E-state index in [4.69, 9.17) is 9.47 Å². The van der Waals surface area contributed by atoms with Crippen LogP contribution in [-0.4, -0.2) is 49.8 Å². The predicted molar refractivity (Wildman–Crippen MR) is 208 cm³/mol. The molecule has 0 amide bonds. The number of pyridine rings is 2. The zero-order valence-electron chi connectivity index (χ0n) is 31.6. The molecule has 9 nitrogen and oxygen atoms in total. The van der Waals surface area contributed by atoms with Gasteiger partial charge in [-0.05, 0) is 121 Å². The molecule has 2 heterocycles. The maximum absolute atomic E-state index is 15.4. The number of rotatable bonds is 8. The number of carbonyl (C=O) groups is 4. The van der Waals surface area contributed by atoms with Crippen LogP contribution < -0.4 is 0 Å². The van der Waals surface area contributed by atoms with Crippen LogP contribution in [0.4, 0.5) is 13.2 Å². The van der Waals surface area contributed by atoms with Crippen molar-refractivity contribution in [1.29, 1.82) is 0 Å². The molecule has 4 aromatic rings. The standard InChI is InChI=1S/C21H20BrF2NO3.C21H21BrFNO4/c1-20(2,3)28-19(27)13-6-4-12(5-7-13)8-17(26)21(24)10-16(23)15-9-14(22)11-25-18(15)21;1-20(2,3)28-19(26)13-6-4-12(5-7-13)8-17(25)21(27)10-16(23)15-9-14(22)11-24-18(15)21/h4-7,9,11,16H,8,10H2,1-3H3;4-7,9,11,16,27H,8,10H2,1-3H3. The summed E-state index contributed by atoms with van der Waals surface area (Å²) in [5.74, 6) is -2.22. The highest BCUT2D eigenvalue weighted by molar-refractivity contribution is 9.10. The number of ketones is 2. The SMILES string of the molecule is CC(C)(C)OC(=O)c1ccc(CC(=O)C2(F)CC(F)c3cc(Br)cnc32)cc1.CC(C)(C)OC(=O)c1ccc(CC(=O)C2(O)CC(F)c3cc(Br)cnc32)cc1. The first kappa shape index (κ1) is 42.9. The van der Waals surface area contributed by atoms with Crippen LogP contribution in [0.25, 0.3) is 0 Å². The largest absolute Gasteiger partial charge is 0.456 e. The van der Waals surface area contributed by atoms with Gasteiger partial charge in [0.1, 0.15) is 23.5 Å². The molecule has 0 spiro atoms. The van der Waals surface area contributed by atoms with Crippen LogP contribution in [0.15, 0.2) is 82.0 Å². The third-order valence-electron chi connectivity index (χ3n) is 8.95. The van der Waals surface area contributed by atoms with Gasteiger partial charge in [-0.25, -0.2) is 22.8 Å². The smallest absolute Gasteiger partial charge is 0.338 e. The van der Waals surface area contributed by atoms with Gasteiger partial charge >= 0.3 is 11.9 Å². The molecule has 2 aliphatic rings. The van der Waals surface area contributed by atoms with E-state index in [2.05, 4.69) is 41.8 Å². The van der Waals surface area contributed by atoms with Crippen LogP contribution in [-0.2, 0) is 43.2 Å². The molecule has 4 unspecified atom stereocenters. The van der Waals surface area contributed by atoms with E-state index in [1.165, 1.54) is 36.7 Å². The van der Waals surface area contributed by atoms with Crippen molar-refractivity contribution in [2.45, 2.75) is 102 Å². The molecule has 2 aromatic heterocycles. The molecule has 0 saturated heterocycles. The second kappa shape index (κ2) is 16.3. The van der Waals surface area contributed by atoms with Crippen molar-refractivity contribution < 1.29 is 46.9 Å². The Morgan fingerprint density at radius 2 is 1.09 bits per heavy atom. The van der Waals surface area contributed by atoms with Crippen molar-refractivity contribution in [3.05, 3.63) is 127 Å². The molecule has 0 saturated carbocycles. The van der Waals surface area contributed by atoms with E-state index in [0.29, 0.717) is 31.2 Å². The molecule has 0 bridgehead atoms. The van der Waals surface area contributed by atoms with Crippen LogP contribution >= 0.6 is 31.9 Å². The van der Waals surface area contributed by atoms with E-state index >= 15 is 4.39 Å². The second-order valence-corrected chi connectivity index (χ2v) is 17.6. The van der Waals surface area contributed by atoms with Gasteiger partial charge in [-0.2, -0.15) is 0 Å². The average molecular weight is 903 g/mol. The Hall–Kier alpha value is -4.27. The van der Waals surface area contributed by atoms with Crippen LogP contribution in [0.3, 0.4) is 0 Å². The summed E-state index contributed by atoms with van der Waals surface area (Å²) in [5.41, 5.74) is -3.56. The van der Waals surface area contributed by atoms with Crippen molar-refractivity contribution in [1.82, 2.24) is 9.97 Å². The van der Waals surface area contributed by atoms with E-state index in [1.807, 2.05) is 0 Å². The highest BCUT2D eigenvalue weighted by Crippen LogP contribution is 2.49. The van der Waals surface area contributed by atoms with Crippen LogP contribution in [0, 0.1) is 0 Å². The van der Waals surface area contributed by atoms with E-state index in [-0.39, 0.29) is 41.8 Å². The topological polar surface area (TPSA) is 133 Å². The van der Waals surface area contributed by atoms with Gasteiger partial charge in [0.05, 0.1) is 22.5 Å². The second-order valence-electron chi connectivity index (χ2n) is 15.8. The molecular weight excluding hydrogens is 861 g/mol. The number of aromatic nitrogens is 2. The summed E-state index contributed by atoms with van der Waals surface area (Å²) in [6, 6.07) is 15.6. The number of halogens is 5. The van der Waals surface area contributed by atoms with Crippen molar-refractivity contribution >= 4 is 55.4 Å². The highest BCUT2D eigenvalue weighted by Gasteiger charge is 2.52. The van der Waals surface area contributed by atoms with Crippen LogP contribution in [0.2, 0.25) is 0 Å². The van der Waals surface area contributed by atoms with E-state index in [1.54, 1.807) is 77.9 Å². The van der Waals surface area contributed by atoms with Gasteiger partial charge < -0.3 is 14.6 Å². The quantitative estimate of drug-likeness (QED) is 0.172. The maximum Gasteiger partial charge on any atom is 0.338 e. The molecule has 56 heavy (non-hydrogen) atoms. The maximum atomic E-state index is 15.4. The zero-order valence-corrected chi connectivity index (χ0v) is 34.8. The number of hydrogen-bond acceptors (Lipinski definition) is 9. The first-order valence-electron chi connectivity index (χ1n) is 17.7. The first-order valence-corrected chi connectivity index (χ1v) is 19.3. The van der Waals surface area contributed by atoms with Gasteiger partial charge in [-0.15, -0.1) is 0 Å². The van der Waals surface area contributed by atoms with Crippen molar-refractivity contribution in [3.63, 3.8) is 0 Å². The molecule has 0 aliphatic heterocycles. The minimum Gasteiger partial charge on any atom is -0.456 e. The summed E-state index contributed by atoms with van der Waals surface area (Å²) >= 11 is 6.41. The van der Waals surface area contributed by atoms with Gasteiger partial charge in [0.25, 0.3) is 0 Å². The molecule has 1 N–H and O–H groups in total. The van der Waals surface area contributed by atoms with Crippen molar-refractivity contribution in [2.24, 2.45) is 0 Å². The number of carbonyl (C=O) groups excluding carboxylic acids is 4. The fourth-order valence-electron chi connectivity index (χ4n) is 6.32. The summed E-state index contributed by atoms with van der Waals surface area (Å²) in [6.45, 7) is 10.6. The predicted octanol–water partition coefficient (Wildman–Crippen LogP) is 9.40. The number of alkyl halides is 3. The number of esters is 2. The Balaban J connectivity index is 0.000000214. The first-order chi connectivity index (χ1) is 26.0. The number of fused-ring (bicyclic) bond motifs is 2. The van der Waals surface area contributed by atoms with Gasteiger partial charge in [0.15, 0.2) is 17.2 Å². The monoisotopic (exact) mass is 900 g/mol. The highest BCUT2D eigenvalue weighted by atomic mass is 79.9. The van der Waals surface area contributed by atoms with Gasteiger partial charge in [0.2, 0.25) is 5.67 Å². The third-order valence-corrected chi connectivity index (χ3v) is 9.82. The summed E-state index contributed by atoms with van der Waals surface area (Å²) in [4.78, 5) is 57.6. The van der Waals surface area contributed by atoms with Crippen LogP contribution in [0.1, 0.15) is 121 Å². The molecule has 0 radical (unpaired) electrons. The average Bonchev–Trinajstić information content (AvgIpc) is 3.52. The lowest BCUT2D eigenvalue weighted by Crippen LogP contribution is -2.35. The van der Waals surface area contributed by atoms with Gasteiger partial charge in [0, 0.05) is 58.1 Å². The molecule has 6 rings (SSSR count). The lowest BCUT2D eigenvalue weighted by Gasteiger charge is -2.21. The van der Waals surface area contributed by atoms with Gasteiger partial charge in [-0.3, -0.25) is 19.6 Å². The van der Waals surface area contributed by atoms with E-state index in [9.17, 15) is 33.1 Å². The fraction of sp³-hybridized carbons (Fsp3) is 0.381. The summed E-state index contributed by atoms with van der Waals surface area (Å²) < 4.78 is 55.7. The Morgan fingerprint density at radius 3 is 1.54 bits per heavy atom. The Labute approximate surface area is 339 Å². The number of nitrogens with zero attached hydrogens (tertiary/aromatic N) is 2. The molecule has 4 atom stereocenters. The molecule has 2 aliphatic carbocycles. The third kappa shape index (κ3) is 9.81. The Kier molecular flexibility index (Phi) is 12.5. The summed E-state index contributed by atoms with van der Waals surface area (Å²) in [7, 11) is 0. The number of benzene rings is 2. The van der Waals surface area contributed by atoms with E-state index in [0.717, 1.165) is 0 Å². The molecule has 2 aromatic carbocycles. The number of ether oxygens (including phenoxy) is 2. The Morgan fingerprint density at radius 1 is 0.696 bits per heavy atom. The molecular formula is C42H41Br2F3N2O7. The number of hydrogen-bond donors (Lipinski definition) is 1. The fourth-order valence-corrected chi connectivity index (χ4v) is 7.02. The van der Waals surface area contributed by atoms with Crippen molar-refractivity contribution in [2.75, 3.05) is 0 Å². The molecule has 14 heteroatoms. The minimum absolute atomic E-state index is 0.0681. The van der Waals surface area contributed by atoms with Crippen molar-refractivity contribution in [3.8, 4) is 0 Å².